The molecule has 2 nitrogen and oxygen atoms in total. The fraction of sp³-hybridized carbons (Fsp3) is 0.647. The Morgan fingerprint density at radius 1 is 1.16 bits per heavy atom. The second-order valence-electron chi connectivity index (χ2n) is 6.83. The summed E-state index contributed by atoms with van der Waals surface area (Å²) in [4.78, 5) is 0. The summed E-state index contributed by atoms with van der Waals surface area (Å²) in [6, 6.07) is 8.33. The van der Waals surface area contributed by atoms with Gasteiger partial charge in [0.05, 0.1) is 0 Å². The van der Waals surface area contributed by atoms with Crippen LogP contribution in [0, 0.1) is 11.8 Å². The molecule has 0 bridgehead atoms. The van der Waals surface area contributed by atoms with Gasteiger partial charge >= 0.3 is 0 Å². The van der Waals surface area contributed by atoms with Crippen LogP contribution in [0.5, 0.6) is 5.75 Å². The van der Waals surface area contributed by atoms with Crippen LogP contribution < -0.4 is 10.5 Å². The molecule has 0 aromatic heterocycles. The van der Waals surface area contributed by atoms with Crippen LogP contribution in [0.15, 0.2) is 24.3 Å². The van der Waals surface area contributed by atoms with Crippen LogP contribution in [0.3, 0.4) is 0 Å². The van der Waals surface area contributed by atoms with Crippen molar-refractivity contribution in [1.29, 1.82) is 0 Å². The molecule has 0 saturated heterocycles. The van der Waals surface area contributed by atoms with E-state index in [2.05, 4.69) is 39.8 Å². The molecule has 1 atom stereocenters. The van der Waals surface area contributed by atoms with Crippen LogP contribution in [-0.2, 0) is 0 Å². The molecule has 1 heterocycles. The maximum atomic E-state index is 6.43. The predicted octanol–water partition coefficient (Wildman–Crippen LogP) is 4.30. The summed E-state index contributed by atoms with van der Waals surface area (Å²) < 4.78 is 6.43. The third kappa shape index (κ3) is 3.30. The normalized spacial score (nSPS) is 21.3. The van der Waals surface area contributed by atoms with Gasteiger partial charge in [0.15, 0.2) is 0 Å². The smallest absolute Gasteiger partial charge is 0.124 e. The summed E-state index contributed by atoms with van der Waals surface area (Å²) in [5, 5.41) is 0. The van der Waals surface area contributed by atoms with Gasteiger partial charge in [-0.1, -0.05) is 45.9 Å². The first-order valence-corrected chi connectivity index (χ1v) is 7.45. The summed E-state index contributed by atoms with van der Waals surface area (Å²) in [6.45, 7) is 9.05. The Morgan fingerprint density at radius 2 is 1.74 bits per heavy atom. The standard InChI is InChI=1S/C17H27NO/c1-12(2)9-17(10-13(3)4)11-15(18)14-7-5-6-8-16(14)19-17/h5-8,12-13,15H,9-11,18H2,1-4H3/t15-/m0/s1. The monoisotopic (exact) mass is 261 g/mol. The van der Waals surface area contributed by atoms with Crippen molar-refractivity contribution in [3.63, 3.8) is 0 Å². The Bertz CT molecular complexity index is 415. The van der Waals surface area contributed by atoms with E-state index in [1.807, 2.05) is 12.1 Å². The molecular formula is C17H27NO. The maximum absolute atomic E-state index is 6.43. The van der Waals surface area contributed by atoms with Crippen molar-refractivity contribution in [1.82, 2.24) is 0 Å². The molecule has 0 unspecified atom stereocenters. The second kappa shape index (κ2) is 5.54. The van der Waals surface area contributed by atoms with Crippen molar-refractivity contribution in [2.24, 2.45) is 17.6 Å². The van der Waals surface area contributed by atoms with Gasteiger partial charge in [-0.3, -0.25) is 0 Å². The molecule has 0 radical (unpaired) electrons. The number of ether oxygens (including phenoxy) is 1. The first kappa shape index (κ1) is 14.4. The Labute approximate surface area is 117 Å². The van der Waals surface area contributed by atoms with Crippen molar-refractivity contribution in [3.8, 4) is 5.75 Å². The summed E-state index contributed by atoms with van der Waals surface area (Å²) in [5.41, 5.74) is 7.46. The lowest BCUT2D eigenvalue weighted by Crippen LogP contribution is -2.45. The van der Waals surface area contributed by atoms with Gasteiger partial charge in [0.2, 0.25) is 0 Å². The van der Waals surface area contributed by atoms with Gasteiger partial charge in [-0.05, 0) is 30.7 Å². The Hall–Kier alpha value is -1.02. The van der Waals surface area contributed by atoms with E-state index in [1.54, 1.807) is 0 Å². The summed E-state index contributed by atoms with van der Waals surface area (Å²) in [7, 11) is 0. The minimum absolute atomic E-state index is 0.0872. The molecule has 0 fully saturated rings. The van der Waals surface area contributed by atoms with E-state index < -0.39 is 0 Å². The molecular weight excluding hydrogens is 234 g/mol. The summed E-state index contributed by atoms with van der Waals surface area (Å²) in [6.07, 6.45) is 3.08. The highest BCUT2D eigenvalue weighted by Gasteiger charge is 2.40. The zero-order valence-corrected chi connectivity index (χ0v) is 12.6. The van der Waals surface area contributed by atoms with E-state index in [-0.39, 0.29) is 11.6 Å². The Balaban J connectivity index is 2.31. The molecule has 1 aromatic carbocycles. The van der Waals surface area contributed by atoms with E-state index in [4.69, 9.17) is 10.5 Å². The highest BCUT2D eigenvalue weighted by molar-refractivity contribution is 5.38. The first-order valence-electron chi connectivity index (χ1n) is 7.45. The predicted molar refractivity (Wildman–Crippen MR) is 80.3 cm³/mol. The molecule has 106 valence electrons. The number of fused-ring (bicyclic) bond motifs is 1. The van der Waals surface area contributed by atoms with Gasteiger partial charge in [0.25, 0.3) is 0 Å². The van der Waals surface area contributed by atoms with Crippen molar-refractivity contribution in [3.05, 3.63) is 29.8 Å². The van der Waals surface area contributed by atoms with Gasteiger partial charge in [0.1, 0.15) is 11.4 Å². The molecule has 0 saturated carbocycles. The summed E-state index contributed by atoms with van der Waals surface area (Å²) >= 11 is 0. The SMILES string of the molecule is CC(C)CC1(CC(C)C)C[C@H](N)c2ccccc2O1. The number of nitrogens with two attached hydrogens (primary N) is 1. The molecule has 1 aliphatic rings. The molecule has 0 amide bonds. The van der Waals surface area contributed by atoms with Gasteiger partial charge < -0.3 is 10.5 Å². The van der Waals surface area contributed by atoms with Gasteiger partial charge in [-0.2, -0.15) is 0 Å². The lowest BCUT2D eigenvalue weighted by molar-refractivity contribution is -0.00160. The lowest BCUT2D eigenvalue weighted by Gasteiger charge is -2.43. The summed E-state index contributed by atoms with van der Waals surface area (Å²) in [5.74, 6) is 2.23. The third-order valence-electron chi connectivity index (χ3n) is 3.80. The fourth-order valence-electron chi connectivity index (χ4n) is 3.49. The van der Waals surface area contributed by atoms with E-state index in [0.717, 1.165) is 30.6 Å². The lowest BCUT2D eigenvalue weighted by atomic mass is 9.77. The molecule has 2 rings (SSSR count). The van der Waals surface area contributed by atoms with Crippen LogP contribution in [0.1, 0.15) is 58.6 Å². The number of hydrogen-bond donors (Lipinski definition) is 1. The number of hydrogen-bond acceptors (Lipinski definition) is 2. The van der Waals surface area contributed by atoms with E-state index in [0.29, 0.717) is 11.8 Å². The molecule has 2 N–H and O–H groups in total. The van der Waals surface area contributed by atoms with Crippen molar-refractivity contribution in [2.45, 2.75) is 58.6 Å². The van der Waals surface area contributed by atoms with Crippen LogP contribution in [0.2, 0.25) is 0 Å². The van der Waals surface area contributed by atoms with Crippen molar-refractivity contribution < 1.29 is 4.74 Å². The largest absolute Gasteiger partial charge is 0.487 e. The van der Waals surface area contributed by atoms with Crippen LogP contribution in [0.25, 0.3) is 0 Å². The van der Waals surface area contributed by atoms with E-state index in [1.165, 1.54) is 0 Å². The quantitative estimate of drug-likeness (QED) is 0.877. The zero-order valence-electron chi connectivity index (χ0n) is 12.6. The molecule has 0 aliphatic carbocycles. The molecule has 2 heteroatoms. The van der Waals surface area contributed by atoms with Crippen molar-refractivity contribution in [2.75, 3.05) is 0 Å². The average Bonchev–Trinajstić information content (AvgIpc) is 2.26. The Morgan fingerprint density at radius 3 is 2.32 bits per heavy atom. The first-order chi connectivity index (χ1) is 8.92. The highest BCUT2D eigenvalue weighted by atomic mass is 16.5. The maximum Gasteiger partial charge on any atom is 0.124 e. The van der Waals surface area contributed by atoms with E-state index >= 15 is 0 Å². The third-order valence-corrected chi connectivity index (χ3v) is 3.80. The number of para-hydroxylation sites is 1. The van der Waals surface area contributed by atoms with Crippen molar-refractivity contribution >= 4 is 0 Å². The van der Waals surface area contributed by atoms with Crippen LogP contribution in [0.4, 0.5) is 0 Å². The molecule has 1 aromatic rings. The van der Waals surface area contributed by atoms with Crippen LogP contribution in [-0.4, -0.2) is 5.60 Å². The second-order valence-corrected chi connectivity index (χ2v) is 6.83. The topological polar surface area (TPSA) is 35.2 Å². The minimum Gasteiger partial charge on any atom is -0.487 e. The van der Waals surface area contributed by atoms with E-state index in [9.17, 15) is 0 Å². The highest BCUT2D eigenvalue weighted by Crippen LogP contribution is 2.44. The fourth-order valence-corrected chi connectivity index (χ4v) is 3.49. The molecule has 0 spiro atoms. The number of rotatable bonds is 4. The minimum atomic E-state index is -0.0872. The average molecular weight is 261 g/mol. The van der Waals surface area contributed by atoms with Gasteiger partial charge in [0, 0.05) is 18.0 Å². The zero-order chi connectivity index (χ0) is 14.0. The van der Waals surface area contributed by atoms with Crippen LogP contribution >= 0.6 is 0 Å². The molecule has 1 aliphatic heterocycles. The van der Waals surface area contributed by atoms with Gasteiger partial charge in [-0.15, -0.1) is 0 Å². The van der Waals surface area contributed by atoms with Gasteiger partial charge in [-0.25, -0.2) is 0 Å². The molecule has 19 heavy (non-hydrogen) atoms. The Kier molecular flexibility index (Phi) is 4.19. The number of benzene rings is 1.